The SMILES string of the molecule is COCCN(C)C(=O)c1cc(COC2CN(C(=O)OC(C)(C)C)CCC2c2ccc(OCCCOCc3ccccc3OC)cc2)ccc1C. The summed E-state index contributed by atoms with van der Waals surface area (Å²) in [5.41, 5.74) is 3.97. The summed E-state index contributed by atoms with van der Waals surface area (Å²) in [4.78, 5) is 29.6. The zero-order valence-corrected chi connectivity index (χ0v) is 30.7. The third-order valence-electron chi connectivity index (χ3n) is 8.64. The fourth-order valence-corrected chi connectivity index (χ4v) is 5.85. The van der Waals surface area contributed by atoms with E-state index in [2.05, 4.69) is 12.1 Å². The topological polar surface area (TPSA) is 96.0 Å². The Morgan fingerprint density at radius 1 is 0.940 bits per heavy atom. The van der Waals surface area contributed by atoms with Gasteiger partial charge in [0.05, 0.1) is 52.8 Å². The maximum absolute atomic E-state index is 13.2. The molecular weight excluding hydrogens is 636 g/mol. The smallest absolute Gasteiger partial charge is 0.410 e. The molecule has 3 aromatic carbocycles. The predicted molar refractivity (Wildman–Crippen MR) is 193 cm³/mol. The van der Waals surface area contributed by atoms with Crippen LogP contribution in [0.2, 0.25) is 0 Å². The molecule has 2 unspecified atom stereocenters. The Labute approximate surface area is 297 Å². The highest BCUT2D eigenvalue weighted by atomic mass is 16.6. The number of carbonyl (C=O) groups is 2. The van der Waals surface area contributed by atoms with Gasteiger partial charge in [-0.15, -0.1) is 0 Å². The Kier molecular flexibility index (Phi) is 14.5. The number of likely N-dealkylation sites (tertiary alicyclic amines) is 1. The van der Waals surface area contributed by atoms with Gasteiger partial charge < -0.3 is 38.2 Å². The predicted octanol–water partition coefficient (Wildman–Crippen LogP) is 7.02. The lowest BCUT2D eigenvalue weighted by molar-refractivity contribution is -0.0360. The molecule has 1 fully saturated rings. The van der Waals surface area contributed by atoms with Gasteiger partial charge >= 0.3 is 6.09 Å². The molecule has 4 rings (SSSR count). The number of hydrogen-bond acceptors (Lipinski definition) is 8. The Morgan fingerprint density at radius 3 is 2.42 bits per heavy atom. The number of nitrogens with zero attached hydrogens (tertiary/aromatic N) is 2. The van der Waals surface area contributed by atoms with Gasteiger partial charge in [0.15, 0.2) is 0 Å². The van der Waals surface area contributed by atoms with E-state index in [4.69, 9.17) is 28.4 Å². The van der Waals surface area contributed by atoms with Crippen molar-refractivity contribution in [1.82, 2.24) is 9.80 Å². The number of methoxy groups -OCH3 is 2. The third kappa shape index (κ3) is 11.5. The monoisotopic (exact) mass is 690 g/mol. The second-order valence-corrected chi connectivity index (χ2v) is 13.7. The standard InChI is InChI=1S/C40H54N2O8/c1-29-13-14-30(25-35(29)38(43)41(5)21-24-45-6)27-49-37-26-42(39(44)50-40(2,3)4)20-19-34(37)31-15-17-33(18-16-31)48-23-10-22-47-28-32-11-8-9-12-36(32)46-7/h8-9,11-18,25,34,37H,10,19-24,26-28H2,1-7H3. The number of likely N-dealkylation sites (N-methyl/N-ethyl adjacent to an activating group) is 1. The molecule has 0 radical (unpaired) electrons. The maximum Gasteiger partial charge on any atom is 0.410 e. The summed E-state index contributed by atoms with van der Waals surface area (Å²) in [6.45, 7) is 11.4. The summed E-state index contributed by atoms with van der Waals surface area (Å²) < 4.78 is 34.6. The van der Waals surface area contributed by atoms with Crippen LogP contribution in [0.4, 0.5) is 4.79 Å². The molecule has 2 amide bonds. The van der Waals surface area contributed by atoms with Crippen LogP contribution >= 0.6 is 0 Å². The van der Waals surface area contributed by atoms with E-state index in [1.54, 1.807) is 31.1 Å². The summed E-state index contributed by atoms with van der Waals surface area (Å²) in [6, 6.07) is 21.8. The molecule has 272 valence electrons. The molecule has 10 heteroatoms. The Morgan fingerprint density at radius 2 is 1.70 bits per heavy atom. The van der Waals surface area contributed by atoms with Crippen molar-refractivity contribution in [3.8, 4) is 11.5 Å². The van der Waals surface area contributed by atoms with Crippen molar-refractivity contribution in [3.63, 3.8) is 0 Å². The van der Waals surface area contributed by atoms with Crippen LogP contribution in [-0.4, -0.2) is 94.2 Å². The largest absolute Gasteiger partial charge is 0.496 e. The first kappa shape index (κ1) is 38.7. The third-order valence-corrected chi connectivity index (χ3v) is 8.64. The zero-order chi connectivity index (χ0) is 36.1. The van der Waals surface area contributed by atoms with Crippen molar-refractivity contribution in [2.45, 2.75) is 71.4 Å². The fraction of sp³-hybridized carbons (Fsp3) is 0.500. The van der Waals surface area contributed by atoms with Gasteiger partial charge in [-0.05, 0) is 75.1 Å². The molecule has 1 saturated heterocycles. The van der Waals surface area contributed by atoms with Gasteiger partial charge in [-0.3, -0.25) is 4.79 Å². The van der Waals surface area contributed by atoms with E-state index < -0.39 is 5.60 Å². The molecule has 0 saturated carbocycles. The molecule has 1 heterocycles. The first-order chi connectivity index (χ1) is 24.0. The highest BCUT2D eigenvalue weighted by molar-refractivity contribution is 5.95. The van der Waals surface area contributed by atoms with E-state index in [1.807, 2.05) is 82.3 Å². The molecule has 50 heavy (non-hydrogen) atoms. The minimum atomic E-state index is -0.594. The Balaban J connectivity index is 1.37. The summed E-state index contributed by atoms with van der Waals surface area (Å²) in [6.07, 6.45) is 0.845. The number of rotatable bonds is 16. The number of para-hydroxylation sites is 1. The average Bonchev–Trinajstić information content (AvgIpc) is 3.11. The Bertz CT molecular complexity index is 1520. The van der Waals surface area contributed by atoms with Crippen molar-refractivity contribution in [2.75, 3.05) is 60.7 Å². The van der Waals surface area contributed by atoms with Gasteiger partial charge in [-0.2, -0.15) is 0 Å². The van der Waals surface area contributed by atoms with E-state index >= 15 is 0 Å². The number of benzene rings is 3. The molecule has 1 aliphatic rings. The zero-order valence-electron chi connectivity index (χ0n) is 30.7. The molecular formula is C40H54N2O8. The summed E-state index contributed by atoms with van der Waals surface area (Å²) in [5.74, 6) is 1.60. The number of ether oxygens (including phenoxy) is 6. The van der Waals surface area contributed by atoms with Gasteiger partial charge in [0.25, 0.3) is 5.91 Å². The van der Waals surface area contributed by atoms with Crippen LogP contribution in [0.25, 0.3) is 0 Å². The van der Waals surface area contributed by atoms with E-state index in [9.17, 15) is 9.59 Å². The molecule has 1 aliphatic heterocycles. The molecule has 0 aromatic heterocycles. The molecule has 0 N–H and O–H groups in total. The van der Waals surface area contributed by atoms with E-state index in [0.717, 1.165) is 46.6 Å². The summed E-state index contributed by atoms with van der Waals surface area (Å²) in [7, 11) is 5.06. The quantitative estimate of drug-likeness (QED) is 0.148. The fourth-order valence-electron chi connectivity index (χ4n) is 5.85. The number of piperidine rings is 1. The molecule has 0 aliphatic carbocycles. The molecule has 0 spiro atoms. The van der Waals surface area contributed by atoms with Crippen molar-refractivity contribution in [2.24, 2.45) is 0 Å². The lowest BCUT2D eigenvalue weighted by atomic mass is 9.87. The second-order valence-electron chi connectivity index (χ2n) is 13.7. The Hall–Kier alpha value is -4.12. The normalized spacial score (nSPS) is 16.2. The summed E-state index contributed by atoms with van der Waals surface area (Å²) in [5, 5.41) is 0. The second kappa shape index (κ2) is 18.8. The van der Waals surface area contributed by atoms with Crippen LogP contribution in [0.1, 0.15) is 72.1 Å². The lowest BCUT2D eigenvalue weighted by Gasteiger charge is -2.39. The van der Waals surface area contributed by atoms with Gasteiger partial charge in [-0.25, -0.2) is 4.79 Å². The number of aryl methyl sites for hydroxylation is 1. The minimum Gasteiger partial charge on any atom is -0.496 e. The van der Waals surface area contributed by atoms with Crippen molar-refractivity contribution >= 4 is 12.0 Å². The van der Waals surface area contributed by atoms with Crippen molar-refractivity contribution < 1.29 is 38.0 Å². The molecule has 2 atom stereocenters. The van der Waals surface area contributed by atoms with Crippen LogP contribution in [0.3, 0.4) is 0 Å². The van der Waals surface area contributed by atoms with Gasteiger partial charge in [0.2, 0.25) is 0 Å². The van der Waals surface area contributed by atoms with Crippen LogP contribution in [0.5, 0.6) is 11.5 Å². The van der Waals surface area contributed by atoms with Gasteiger partial charge in [0.1, 0.15) is 17.1 Å². The van der Waals surface area contributed by atoms with Crippen LogP contribution < -0.4 is 9.47 Å². The molecule has 10 nitrogen and oxygen atoms in total. The molecule has 3 aromatic rings. The average molecular weight is 691 g/mol. The minimum absolute atomic E-state index is 0.0536. The van der Waals surface area contributed by atoms with E-state index in [0.29, 0.717) is 58.2 Å². The first-order valence-electron chi connectivity index (χ1n) is 17.3. The number of hydrogen-bond donors (Lipinski definition) is 0. The van der Waals surface area contributed by atoms with Crippen LogP contribution in [-0.2, 0) is 32.2 Å². The van der Waals surface area contributed by atoms with Gasteiger partial charge in [0, 0.05) is 50.7 Å². The van der Waals surface area contributed by atoms with E-state index in [-0.39, 0.29) is 24.0 Å². The summed E-state index contributed by atoms with van der Waals surface area (Å²) >= 11 is 0. The molecule has 0 bridgehead atoms. The van der Waals surface area contributed by atoms with E-state index in [1.165, 1.54) is 0 Å². The van der Waals surface area contributed by atoms with Crippen molar-refractivity contribution in [3.05, 3.63) is 94.5 Å². The van der Waals surface area contributed by atoms with Gasteiger partial charge in [-0.1, -0.05) is 42.5 Å². The van der Waals surface area contributed by atoms with Crippen molar-refractivity contribution in [1.29, 1.82) is 0 Å². The van der Waals surface area contributed by atoms with Crippen LogP contribution in [0, 0.1) is 6.92 Å². The number of amides is 2. The number of carbonyl (C=O) groups excluding carboxylic acids is 2. The lowest BCUT2D eigenvalue weighted by Crippen LogP contribution is -2.48. The highest BCUT2D eigenvalue weighted by Gasteiger charge is 2.35. The highest BCUT2D eigenvalue weighted by Crippen LogP contribution is 2.33. The first-order valence-corrected chi connectivity index (χ1v) is 17.3. The maximum atomic E-state index is 13.2. The van der Waals surface area contributed by atoms with Crippen LogP contribution in [0.15, 0.2) is 66.7 Å².